The first-order chi connectivity index (χ1) is 8.72. The predicted octanol–water partition coefficient (Wildman–Crippen LogP) is 4.24. The molecule has 3 heteroatoms. The van der Waals surface area contributed by atoms with Gasteiger partial charge in [0, 0.05) is 12.2 Å². The van der Waals surface area contributed by atoms with Gasteiger partial charge in [-0.2, -0.15) is 0 Å². The van der Waals surface area contributed by atoms with E-state index < -0.39 is 0 Å². The summed E-state index contributed by atoms with van der Waals surface area (Å²) in [4.78, 5) is 0. The Morgan fingerprint density at radius 3 is 2.94 bits per heavy atom. The molecular formula is C15H21ClO2. The maximum Gasteiger partial charge on any atom is 0.124 e. The molecule has 0 saturated carbocycles. The van der Waals surface area contributed by atoms with Crippen LogP contribution in [0.3, 0.4) is 0 Å². The molecule has 18 heavy (non-hydrogen) atoms. The van der Waals surface area contributed by atoms with Gasteiger partial charge in [-0.15, -0.1) is 11.6 Å². The molecule has 2 atom stereocenters. The predicted molar refractivity (Wildman–Crippen MR) is 74.5 cm³/mol. The summed E-state index contributed by atoms with van der Waals surface area (Å²) in [6.45, 7) is 5.55. The topological polar surface area (TPSA) is 18.5 Å². The minimum Gasteiger partial charge on any atom is -0.494 e. The third kappa shape index (κ3) is 3.18. The zero-order chi connectivity index (χ0) is 13.0. The van der Waals surface area contributed by atoms with Crippen LogP contribution in [-0.2, 0) is 4.74 Å². The molecule has 0 N–H and O–H groups in total. The summed E-state index contributed by atoms with van der Waals surface area (Å²) in [6, 6.07) is 6.17. The molecule has 0 amide bonds. The molecule has 2 unspecified atom stereocenters. The van der Waals surface area contributed by atoms with E-state index >= 15 is 0 Å². The monoisotopic (exact) mass is 268 g/mol. The van der Waals surface area contributed by atoms with Crippen molar-refractivity contribution < 1.29 is 9.47 Å². The summed E-state index contributed by atoms with van der Waals surface area (Å²) in [5.74, 6) is 0.886. The third-order valence-corrected chi connectivity index (χ3v) is 3.82. The average Bonchev–Trinajstić information content (AvgIpc) is 2.41. The van der Waals surface area contributed by atoms with Crippen molar-refractivity contribution in [3.05, 3.63) is 29.3 Å². The van der Waals surface area contributed by atoms with Crippen molar-refractivity contribution in [2.24, 2.45) is 0 Å². The maximum atomic E-state index is 6.59. The van der Waals surface area contributed by atoms with Crippen LogP contribution < -0.4 is 4.74 Å². The number of ether oxygens (including phenoxy) is 2. The molecule has 0 radical (unpaired) electrons. The van der Waals surface area contributed by atoms with Crippen molar-refractivity contribution in [2.45, 2.75) is 44.6 Å². The van der Waals surface area contributed by atoms with Crippen LogP contribution in [0.2, 0.25) is 0 Å². The van der Waals surface area contributed by atoms with Crippen molar-refractivity contribution in [1.82, 2.24) is 0 Å². The number of rotatable bonds is 4. The van der Waals surface area contributed by atoms with Crippen LogP contribution in [-0.4, -0.2) is 19.3 Å². The maximum absolute atomic E-state index is 6.59. The van der Waals surface area contributed by atoms with Crippen LogP contribution in [0.15, 0.2) is 18.2 Å². The van der Waals surface area contributed by atoms with E-state index in [9.17, 15) is 0 Å². The number of benzene rings is 1. The first kappa shape index (κ1) is 13.7. The second kappa shape index (κ2) is 6.44. The van der Waals surface area contributed by atoms with Crippen molar-refractivity contribution >= 4 is 11.6 Å². The van der Waals surface area contributed by atoms with Gasteiger partial charge in [0.25, 0.3) is 0 Å². The Kier molecular flexibility index (Phi) is 4.90. The minimum atomic E-state index is -0.119. The number of alkyl halides is 1. The zero-order valence-corrected chi connectivity index (χ0v) is 11.9. The highest BCUT2D eigenvalue weighted by molar-refractivity contribution is 6.21. The fourth-order valence-corrected chi connectivity index (χ4v) is 2.74. The van der Waals surface area contributed by atoms with E-state index in [4.69, 9.17) is 21.1 Å². The fraction of sp³-hybridized carbons (Fsp3) is 0.600. The van der Waals surface area contributed by atoms with Crippen LogP contribution in [0.25, 0.3) is 0 Å². The lowest BCUT2D eigenvalue weighted by Gasteiger charge is -2.28. The van der Waals surface area contributed by atoms with Crippen molar-refractivity contribution in [1.29, 1.82) is 0 Å². The Labute approximate surface area is 114 Å². The number of aryl methyl sites for hydroxylation is 1. The molecule has 1 heterocycles. The molecule has 2 nitrogen and oxygen atoms in total. The highest BCUT2D eigenvalue weighted by Gasteiger charge is 2.26. The van der Waals surface area contributed by atoms with E-state index in [1.54, 1.807) is 0 Å². The lowest BCUT2D eigenvalue weighted by atomic mass is 9.98. The van der Waals surface area contributed by atoms with Gasteiger partial charge in [-0.3, -0.25) is 0 Å². The highest BCUT2D eigenvalue weighted by Crippen LogP contribution is 2.37. The molecule has 0 spiro atoms. The molecule has 0 aromatic heterocycles. The lowest BCUT2D eigenvalue weighted by Crippen LogP contribution is -2.24. The second-order valence-electron chi connectivity index (χ2n) is 4.78. The standard InChI is InChI=1S/C15H21ClO2/c1-3-17-13-8-7-11(2)10-12(13)15(16)14-6-4-5-9-18-14/h7-8,10,14-15H,3-6,9H2,1-2H3. The summed E-state index contributed by atoms with van der Waals surface area (Å²) >= 11 is 6.59. The van der Waals surface area contributed by atoms with Gasteiger partial charge in [-0.25, -0.2) is 0 Å². The van der Waals surface area contributed by atoms with Gasteiger partial charge in [0.15, 0.2) is 0 Å². The van der Waals surface area contributed by atoms with E-state index in [0.29, 0.717) is 6.61 Å². The van der Waals surface area contributed by atoms with Gasteiger partial charge in [0.1, 0.15) is 5.75 Å². The van der Waals surface area contributed by atoms with Crippen molar-refractivity contribution in [2.75, 3.05) is 13.2 Å². The van der Waals surface area contributed by atoms with Gasteiger partial charge in [-0.05, 0) is 39.2 Å². The quantitative estimate of drug-likeness (QED) is 0.761. The smallest absolute Gasteiger partial charge is 0.124 e. The average molecular weight is 269 g/mol. The lowest BCUT2D eigenvalue weighted by molar-refractivity contribution is 0.0132. The van der Waals surface area contributed by atoms with Gasteiger partial charge in [0.05, 0.1) is 18.1 Å². The number of hydrogen-bond donors (Lipinski definition) is 0. The van der Waals surface area contributed by atoms with Crippen molar-refractivity contribution in [3.8, 4) is 5.75 Å². The summed E-state index contributed by atoms with van der Waals surface area (Å²) in [7, 11) is 0. The van der Waals surface area contributed by atoms with Crippen molar-refractivity contribution in [3.63, 3.8) is 0 Å². The summed E-state index contributed by atoms with van der Waals surface area (Å²) in [6.07, 6.45) is 3.49. The first-order valence-electron chi connectivity index (χ1n) is 6.71. The molecule has 1 aliphatic rings. The van der Waals surface area contributed by atoms with E-state index in [0.717, 1.165) is 30.8 Å². The third-order valence-electron chi connectivity index (χ3n) is 3.30. The van der Waals surface area contributed by atoms with Crippen LogP contribution >= 0.6 is 11.6 Å². The van der Waals surface area contributed by atoms with Crippen LogP contribution in [0.4, 0.5) is 0 Å². The molecule has 1 saturated heterocycles. The van der Waals surface area contributed by atoms with E-state index in [-0.39, 0.29) is 11.5 Å². The second-order valence-corrected chi connectivity index (χ2v) is 5.25. The Morgan fingerprint density at radius 1 is 1.44 bits per heavy atom. The SMILES string of the molecule is CCOc1ccc(C)cc1C(Cl)C1CCCCO1. The molecule has 100 valence electrons. The molecule has 1 aliphatic heterocycles. The van der Waals surface area contributed by atoms with Gasteiger partial charge >= 0.3 is 0 Å². The van der Waals surface area contributed by atoms with E-state index in [2.05, 4.69) is 19.1 Å². The van der Waals surface area contributed by atoms with Crippen LogP contribution in [0.5, 0.6) is 5.75 Å². The molecule has 2 rings (SSSR count). The van der Waals surface area contributed by atoms with E-state index in [1.165, 1.54) is 12.0 Å². The molecule has 0 bridgehead atoms. The highest BCUT2D eigenvalue weighted by atomic mass is 35.5. The molecule has 1 aromatic rings. The number of halogens is 1. The van der Waals surface area contributed by atoms with Gasteiger partial charge in [0.2, 0.25) is 0 Å². The van der Waals surface area contributed by atoms with Gasteiger partial charge < -0.3 is 9.47 Å². The van der Waals surface area contributed by atoms with Crippen LogP contribution in [0, 0.1) is 6.92 Å². The summed E-state index contributed by atoms with van der Waals surface area (Å²) < 4.78 is 11.4. The Balaban J connectivity index is 2.21. The van der Waals surface area contributed by atoms with Gasteiger partial charge in [-0.1, -0.05) is 17.7 Å². The Bertz CT molecular complexity index is 386. The molecular weight excluding hydrogens is 248 g/mol. The molecule has 0 aliphatic carbocycles. The normalized spacial score (nSPS) is 21.6. The first-order valence-corrected chi connectivity index (χ1v) is 7.15. The summed E-state index contributed by atoms with van der Waals surface area (Å²) in [5.41, 5.74) is 2.26. The Hall–Kier alpha value is -0.730. The largest absolute Gasteiger partial charge is 0.494 e. The zero-order valence-electron chi connectivity index (χ0n) is 11.1. The number of hydrogen-bond acceptors (Lipinski definition) is 2. The summed E-state index contributed by atoms with van der Waals surface area (Å²) in [5, 5.41) is -0.119. The Morgan fingerprint density at radius 2 is 2.28 bits per heavy atom. The van der Waals surface area contributed by atoms with Crippen LogP contribution in [0.1, 0.15) is 42.7 Å². The molecule has 1 fully saturated rings. The molecule has 1 aromatic carbocycles. The van der Waals surface area contributed by atoms with E-state index in [1.807, 2.05) is 13.0 Å². The fourth-order valence-electron chi connectivity index (χ4n) is 2.37. The minimum absolute atomic E-state index is 0.112.